The molecule has 2 aromatic carbocycles. The summed E-state index contributed by atoms with van der Waals surface area (Å²) in [5.74, 6) is 0.756. The average molecular weight is 363 g/mol. The van der Waals surface area contributed by atoms with Crippen LogP contribution < -0.4 is 10.1 Å². The number of aromatic nitrogens is 2. The van der Waals surface area contributed by atoms with Crippen molar-refractivity contribution < 1.29 is 9.53 Å². The Labute approximate surface area is 160 Å². The largest absolute Gasteiger partial charge is 0.489 e. The summed E-state index contributed by atoms with van der Waals surface area (Å²) in [6.07, 6.45) is 1.91. The molecule has 3 rings (SSSR count). The van der Waals surface area contributed by atoms with Crippen molar-refractivity contribution in [2.75, 3.05) is 0 Å². The van der Waals surface area contributed by atoms with E-state index in [1.807, 2.05) is 68.0 Å². The maximum absolute atomic E-state index is 12.4. The van der Waals surface area contributed by atoms with Crippen LogP contribution in [0.1, 0.15) is 39.7 Å². The highest BCUT2D eigenvalue weighted by atomic mass is 16.5. The number of aryl methyl sites for hydroxylation is 3. The molecule has 0 aliphatic heterocycles. The van der Waals surface area contributed by atoms with E-state index in [2.05, 4.69) is 16.5 Å². The number of rotatable bonds is 7. The van der Waals surface area contributed by atoms with E-state index in [0.29, 0.717) is 18.7 Å². The Balaban J connectivity index is 1.60. The zero-order valence-electron chi connectivity index (χ0n) is 16.0. The van der Waals surface area contributed by atoms with Gasteiger partial charge in [0.25, 0.3) is 5.91 Å². The van der Waals surface area contributed by atoms with Crippen LogP contribution in [-0.2, 0) is 19.7 Å². The summed E-state index contributed by atoms with van der Waals surface area (Å²) in [6, 6.07) is 15.6. The lowest BCUT2D eigenvalue weighted by Crippen LogP contribution is -2.23. The predicted molar refractivity (Wildman–Crippen MR) is 106 cm³/mol. The molecule has 0 unspecified atom stereocenters. The number of carbonyl (C=O) groups is 1. The van der Waals surface area contributed by atoms with E-state index in [0.717, 1.165) is 34.7 Å². The predicted octanol–water partition coefficient (Wildman–Crippen LogP) is 4.03. The molecule has 1 N–H and O–H groups in total. The van der Waals surface area contributed by atoms with Gasteiger partial charge in [0, 0.05) is 18.3 Å². The number of hydrogen-bond donors (Lipinski definition) is 1. The zero-order chi connectivity index (χ0) is 19.2. The maximum Gasteiger partial charge on any atom is 0.251 e. The lowest BCUT2D eigenvalue weighted by molar-refractivity contribution is 0.0950. The maximum atomic E-state index is 12.4. The minimum atomic E-state index is -0.116. The number of hydrogen-bond acceptors (Lipinski definition) is 3. The standard InChI is InChI=1S/C22H25N3O2/c1-4-25-11-10-20(24-25)14-23-22(26)19-7-5-6-18(13-19)15-27-21-12-16(2)8-9-17(21)3/h5-13H,4,14-15H2,1-3H3,(H,23,26). The van der Waals surface area contributed by atoms with Crippen molar-refractivity contribution in [1.29, 1.82) is 0 Å². The molecular weight excluding hydrogens is 338 g/mol. The molecule has 0 bridgehead atoms. The van der Waals surface area contributed by atoms with Crippen molar-refractivity contribution in [2.24, 2.45) is 0 Å². The van der Waals surface area contributed by atoms with Crippen molar-refractivity contribution in [3.05, 3.63) is 82.7 Å². The van der Waals surface area contributed by atoms with Gasteiger partial charge in [-0.3, -0.25) is 9.48 Å². The van der Waals surface area contributed by atoms with E-state index in [4.69, 9.17) is 4.74 Å². The van der Waals surface area contributed by atoms with Crippen molar-refractivity contribution in [1.82, 2.24) is 15.1 Å². The van der Waals surface area contributed by atoms with Crippen LogP contribution in [0.4, 0.5) is 0 Å². The fourth-order valence-corrected chi connectivity index (χ4v) is 2.77. The molecule has 1 aromatic heterocycles. The lowest BCUT2D eigenvalue weighted by atomic mass is 10.1. The second kappa shape index (κ2) is 8.54. The van der Waals surface area contributed by atoms with Gasteiger partial charge in [-0.2, -0.15) is 5.10 Å². The zero-order valence-corrected chi connectivity index (χ0v) is 16.0. The van der Waals surface area contributed by atoms with Crippen molar-refractivity contribution in [3.63, 3.8) is 0 Å². The van der Waals surface area contributed by atoms with Crippen molar-refractivity contribution in [2.45, 2.75) is 40.5 Å². The fourth-order valence-electron chi connectivity index (χ4n) is 2.77. The SMILES string of the molecule is CCn1ccc(CNC(=O)c2cccc(COc3cc(C)ccc3C)c2)n1. The van der Waals surface area contributed by atoms with E-state index in [1.165, 1.54) is 0 Å². The first-order valence-electron chi connectivity index (χ1n) is 9.14. The highest BCUT2D eigenvalue weighted by Crippen LogP contribution is 2.20. The molecule has 0 atom stereocenters. The summed E-state index contributed by atoms with van der Waals surface area (Å²) < 4.78 is 7.78. The van der Waals surface area contributed by atoms with E-state index in [1.54, 1.807) is 6.07 Å². The monoisotopic (exact) mass is 363 g/mol. The summed E-state index contributed by atoms with van der Waals surface area (Å²) in [5, 5.41) is 7.29. The molecule has 0 spiro atoms. The molecule has 0 saturated heterocycles. The van der Waals surface area contributed by atoms with E-state index in [9.17, 15) is 4.79 Å². The highest BCUT2D eigenvalue weighted by molar-refractivity contribution is 5.94. The summed E-state index contributed by atoms with van der Waals surface area (Å²) in [5.41, 5.74) is 4.68. The topological polar surface area (TPSA) is 56.2 Å². The van der Waals surface area contributed by atoms with Crippen LogP contribution >= 0.6 is 0 Å². The fraction of sp³-hybridized carbons (Fsp3) is 0.273. The van der Waals surface area contributed by atoms with Crippen LogP contribution in [0.5, 0.6) is 5.75 Å². The van der Waals surface area contributed by atoms with Gasteiger partial charge in [-0.1, -0.05) is 24.3 Å². The van der Waals surface area contributed by atoms with Gasteiger partial charge < -0.3 is 10.1 Å². The number of carbonyl (C=O) groups excluding carboxylic acids is 1. The Bertz CT molecular complexity index is 931. The molecule has 0 aliphatic rings. The Hall–Kier alpha value is -3.08. The van der Waals surface area contributed by atoms with Crippen LogP contribution in [0, 0.1) is 13.8 Å². The number of ether oxygens (including phenoxy) is 1. The van der Waals surface area contributed by atoms with Crippen LogP contribution in [0.3, 0.4) is 0 Å². The van der Waals surface area contributed by atoms with Crippen LogP contribution in [0.15, 0.2) is 54.7 Å². The summed E-state index contributed by atoms with van der Waals surface area (Å²) in [6.45, 7) is 7.75. The minimum absolute atomic E-state index is 0.116. The van der Waals surface area contributed by atoms with Crippen LogP contribution in [0.25, 0.3) is 0 Å². The van der Waals surface area contributed by atoms with Gasteiger partial charge in [-0.25, -0.2) is 0 Å². The molecular formula is C22H25N3O2. The van der Waals surface area contributed by atoms with Gasteiger partial charge in [0.1, 0.15) is 12.4 Å². The molecule has 3 aromatic rings. The van der Waals surface area contributed by atoms with Gasteiger partial charge in [0.05, 0.1) is 12.2 Å². The molecule has 27 heavy (non-hydrogen) atoms. The van der Waals surface area contributed by atoms with Gasteiger partial charge in [-0.05, 0) is 61.7 Å². The second-order valence-electron chi connectivity index (χ2n) is 6.60. The molecule has 5 nitrogen and oxygen atoms in total. The highest BCUT2D eigenvalue weighted by Gasteiger charge is 2.08. The Morgan fingerprint density at radius 2 is 2.00 bits per heavy atom. The third kappa shape index (κ3) is 4.97. The Morgan fingerprint density at radius 3 is 2.78 bits per heavy atom. The smallest absolute Gasteiger partial charge is 0.251 e. The number of nitrogens with zero attached hydrogens (tertiary/aromatic N) is 2. The average Bonchev–Trinajstić information content (AvgIpc) is 3.15. The second-order valence-corrected chi connectivity index (χ2v) is 6.60. The molecule has 0 radical (unpaired) electrons. The first-order valence-corrected chi connectivity index (χ1v) is 9.14. The first-order chi connectivity index (χ1) is 13.0. The van der Waals surface area contributed by atoms with Crippen molar-refractivity contribution >= 4 is 5.91 Å². The van der Waals surface area contributed by atoms with E-state index >= 15 is 0 Å². The Morgan fingerprint density at radius 1 is 1.15 bits per heavy atom. The molecule has 1 heterocycles. The van der Waals surface area contributed by atoms with E-state index in [-0.39, 0.29) is 5.91 Å². The summed E-state index contributed by atoms with van der Waals surface area (Å²) in [7, 11) is 0. The molecule has 0 saturated carbocycles. The molecule has 0 aliphatic carbocycles. The molecule has 140 valence electrons. The normalized spacial score (nSPS) is 10.6. The molecule has 0 fully saturated rings. The first kappa shape index (κ1) is 18.7. The van der Waals surface area contributed by atoms with Crippen molar-refractivity contribution in [3.8, 4) is 5.75 Å². The molecule has 5 heteroatoms. The third-order valence-corrected chi connectivity index (χ3v) is 4.38. The molecule has 1 amide bonds. The van der Waals surface area contributed by atoms with Crippen LogP contribution in [0.2, 0.25) is 0 Å². The summed E-state index contributed by atoms with van der Waals surface area (Å²) >= 11 is 0. The Kier molecular flexibility index (Phi) is 5.91. The minimum Gasteiger partial charge on any atom is -0.489 e. The van der Waals surface area contributed by atoms with Gasteiger partial charge in [0.2, 0.25) is 0 Å². The number of benzene rings is 2. The van der Waals surface area contributed by atoms with Gasteiger partial charge in [0.15, 0.2) is 0 Å². The quantitative estimate of drug-likeness (QED) is 0.689. The lowest BCUT2D eigenvalue weighted by Gasteiger charge is -2.11. The van der Waals surface area contributed by atoms with Gasteiger partial charge in [-0.15, -0.1) is 0 Å². The number of nitrogens with one attached hydrogen (secondary N) is 1. The number of amides is 1. The third-order valence-electron chi connectivity index (χ3n) is 4.38. The van der Waals surface area contributed by atoms with E-state index < -0.39 is 0 Å². The van der Waals surface area contributed by atoms with Crippen LogP contribution in [-0.4, -0.2) is 15.7 Å². The van der Waals surface area contributed by atoms with Gasteiger partial charge >= 0.3 is 0 Å². The summed E-state index contributed by atoms with van der Waals surface area (Å²) in [4.78, 5) is 12.4.